The molecule has 0 saturated heterocycles. The first-order valence-electron chi connectivity index (χ1n) is 7.65. The molecule has 2 heterocycles. The third-order valence-electron chi connectivity index (χ3n) is 3.47. The maximum Gasteiger partial charge on any atom is 0.277 e. The molecular weight excluding hydrogens is 356 g/mol. The maximum atomic E-state index is 11.9. The molecule has 1 aromatic carbocycles. The van der Waals surface area contributed by atoms with Gasteiger partial charge in [-0.05, 0) is 31.5 Å². The van der Waals surface area contributed by atoms with Crippen LogP contribution >= 0.6 is 23.1 Å². The number of thioether (sulfide) groups is 1. The highest BCUT2D eigenvalue weighted by Crippen LogP contribution is 2.31. The van der Waals surface area contributed by atoms with Gasteiger partial charge in [0.15, 0.2) is 0 Å². The van der Waals surface area contributed by atoms with Gasteiger partial charge in [0, 0.05) is 25.4 Å². The number of hydrogen-bond donors (Lipinski definition) is 0. The van der Waals surface area contributed by atoms with Gasteiger partial charge in [-0.3, -0.25) is 4.79 Å². The standard InChI is InChI=1S/C17H18N4O2S2/c1-10-14(25-11(2)18-10)15-19-20-17(23-15)24-9-12-5-7-13(8-6-12)16(22)21(3)4/h5-8H,9H2,1-4H3. The first-order valence-corrected chi connectivity index (χ1v) is 9.45. The normalized spacial score (nSPS) is 10.9. The van der Waals surface area contributed by atoms with Gasteiger partial charge in [0.1, 0.15) is 4.88 Å². The molecule has 3 rings (SSSR count). The number of benzene rings is 1. The third kappa shape index (κ3) is 4.08. The Hall–Kier alpha value is -2.19. The molecule has 0 atom stereocenters. The highest BCUT2D eigenvalue weighted by molar-refractivity contribution is 7.98. The highest BCUT2D eigenvalue weighted by Gasteiger charge is 2.15. The second-order valence-corrected chi connectivity index (χ2v) is 7.84. The van der Waals surface area contributed by atoms with Crippen LogP contribution in [0.4, 0.5) is 0 Å². The molecule has 0 aliphatic carbocycles. The monoisotopic (exact) mass is 374 g/mol. The molecule has 3 aromatic rings. The van der Waals surface area contributed by atoms with Crippen LogP contribution in [-0.4, -0.2) is 40.1 Å². The van der Waals surface area contributed by atoms with E-state index in [0.717, 1.165) is 21.1 Å². The number of nitrogens with zero attached hydrogens (tertiary/aromatic N) is 4. The minimum atomic E-state index is -0.00373. The Morgan fingerprint density at radius 1 is 1.20 bits per heavy atom. The van der Waals surface area contributed by atoms with E-state index in [1.807, 2.05) is 38.1 Å². The summed E-state index contributed by atoms with van der Waals surface area (Å²) in [5.41, 5.74) is 2.67. The van der Waals surface area contributed by atoms with Crippen LogP contribution < -0.4 is 0 Å². The lowest BCUT2D eigenvalue weighted by molar-refractivity contribution is 0.0827. The van der Waals surface area contributed by atoms with Crippen molar-refractivity contribution in [3.63, 3.8) is 0 Å². The fourth-order valence-corrected chi connectivity index (χ4v) is 3.80. The molecule has 0 fully saturated rings. The summed E-state index contributed by atoms with van der Waals surface area (Å²) in [6.45, 7) is 3.89. The molecule has 6 nitrogen and oxygen atoms in total. The number of rotatable bonds is 5. The quantitative estimate of drug-likeness (QED) is 0.633. The van der Waals surface area contributed by atoms with Crippen molar-refractivity contribution < 1.29 is 9.21 Å². The molecule has 0 spiro atoms. The van der Waals surface area contributed by atoms with Crippen LogP contribution in [-0.2, 0) is 5.75 Å². The molecule has 1 amide bonds. The number of hydrogen-bond acceptors (Lipinski definition) is 7. The van der Waals surface area contributed by atoms with Crippen LogP contribution in [0.3, 0.4) is 0 Å². The molecule has 0 radical (unpaired) electrons. The van der Waals surface area contributed by atoms with Gasteiger partial charge in [-0.1, -0.05) is 23.9 Å². The summed E-state index contributed by atoms with van der Waals surface area (Å²) >= 11 is 3.02. The summed E-state index contributed by atoms with van der Waals surface area (Å²) in [5.74, 6) is 1.20. The van der Waals surface area contributed by atoms with Gasteiger partial charge in [-0.25, -0.2) is 4.98 Å². The number of carbonyl (C=O) groups is 1. The van der Waals surface area contributed by atoms with Crippen LogP contribution in [0.5, 0.6) is 0 Å². The van der Waals surface area contributed by atoms with E-state index in [1.165, 1.54) is 11.8 Å². The Morgan fingerprint density at radius 2 is 1.92 bits per heavy atom. The SMILES string of the molecule is Cc1nc(C)c(-c2nnc(SCc3ccc(C(=O)N(C)C)cc3)o2)s1. The highest BCUT2D eigenvalue weighted by atomic mass is 32.2. The molecule has 2 aromatic heterocycles. The molecule has 0 aliphatic rings. The minimum absolute atomic E-state index is 0.00373. The molecule has 8 heteroatoms. The summed E-state index contributed by atoms with van der Waals surface area (Å²) in [6.07, 6.45) is 0. The maximum absolute atomic E-state index is 11.9. The molecular formula is C17H18N4O2S2. The lowest BCUT2D eigenvalue weighted by Gasteiger charge is -2.10. The Kier molecular flexibility index (Phi) is 5.19. The van der Waals surface area contributed by atoms with Crippen molar-refractivity contribution >= 4 is 29.0 Å². The Labute approximate surface area is 154 Å². The average Bonchev–Trinajstić information content (AvgIpc) is 3.18. The van der Waals surface area contributed by atoms with Crippen LogP contribution in [0.2, 0.25) is 0 Å². The molecule has 0 unspecified atom stereocenters. The van der Waals surface area contributed by atoms with E-state index in [-0.39, 0.29) is 5.91 Å². The number of thiazole rings is 1. The zero-order valence-corrected chi connectivity index (χ0v) is 16.1. The van der Waals surface area contributed by atoms with E-state index in [1.54, 1.807) is 30.3 Å². The van der Waals surface area contributed by atoms with Gasteiger partial charge >= 0.3 is 0 Å². The number of amides is 1. The van der Waals surface area contributed by atoms with Crippen molar-refractivity contribution in [2.24, 2.45) is 0 Å². The summed E-state index contributed by atoms with van der Waals surface area (Å²) < 4.78 is 5.73. The van der Waals surface area contributed by atoms with Crippen LogP contribution in [0.15, 0.2) is 33.9 Å². The lowest BCUT2D eigenvalue weighted by atomic mass is 10.1. The van der Waals surface area contributed by atoms with Crippen molar-refractivity contribution in [3.8, 4) is 10.8 Å². The summed E-state index contributed by atoms with van der Waals surface area (Å²) in [4.78, 5) is 18.7. The molecule has 0 N–H and O–H groups in total. The second kappa shape index (κ2) is 7.37. The molecule has 0 aliphatic heterocycles. The van der Waals surface area contributed by atoms with Crippen molar-refractivity contribution in [2.45, 2.75) is 24.8 Å². The molecule has 130 valence electrons. The van der Waals surface area contributed by atoms with Crippen molar-refractivity contribution in [1.82, 2.24) is 20.1 Å². The third-order valence-corrected chi connectivity index (χ3v) is 5.42. The molecule has 0 bridgehead atoms. The number of carbonyl (C=O) groups excluding carboxylic acids is 1. The van der Waals surface area contributed by atoms with Crippen molar-refractivity contribution in [2.75, 3.05) is 14.1 Å². The minimum Gasteiger partial charge on any atom is -0.410 e. The van der Waals surface area contributed by atoms with E-state index in [2.05, 4.69) is 15.2 Å². The van der Waals surface area contributed by atoms with Crippen LogP contribution in [0, 0.1) is 13.8 Å². The van der Waals surface area contributed by atoms with E-state index >= 15 is 0 Å². The summed E-state index contributed by atoms with van der Waals surface area (Å²) in [7, 11) is 3.48. The first-order chi connectivity index (χ1) is 11.9. The number of aryl methyl sites for hydroxylation is 2. The van der Waals surface area contributed by atoms with E-state index in [4.69, 9.17) is 4.42 Å². The van der Waals surface area contributed by atoms with Gasteiger partial charge < -0.3 is 9.32 Å². The first kappa shape index (κ1) is 17.6. The predicted molar refractivity (Wildman–Crippen MR) is 98.9 cm³/mol. The number of aromatic nitrogens is 3. The average molecular weight is 374 g/mol. The van der Waals surface area contributed by atoms with Crippen LogP contribution in [0.25, 0.3) is 10.8 Å². The zero-order chi connectivity index (χ0) is 18.0. The smallest absolute Gasteiger partial charge is 0.277 e. The summed E-state index contributed by atoms with van der Waals surface area (Å²) in [5, 5.41) is 9.70. The Morgan fingerprint density at radius 3 is 2.52 bits per heavy atom. The second-order valence-electron chi connectivity index (χ2n) is 5.71. The fraction of sp³-hybridized carbons (Fsp3) is 0.294. The van der Waals surface area contributed by atoms with Gasteiger partial charge in [0.2, 0.25) is 0 Å². The van der Waals surface area contributed by atoms with Crippen LogP contribution in [0.1, 0.15) is 26.6 Å². The topological polar surface area (TPSA) is 72.1 Å². The summed E-state index contributed by atoms with van der Waals surface area (Å²) in [6, 6.07) is 7.55. The Balaban J connectivity index is 1.64. The fourth-order valence-electron chi connectivity index (χ4n) is 2.24. The van der Waals surface area contributed by atoms with Gasteiger partial charge in [-0.15, -0.1) is 21.5 Å². The predicted octanol–water partition coefficient (Wildman–Crippen LogP) is 3.80. The van der Waals surface area contributed by atoms with Crippen molar-refractivity contribution in [1.29, 1.82) is 0 Å². The molecule has 25 heavy (non-hydrogen) atoms. The van der Waals surface area contributed by atoms with E-state index < -0.39 is 0 Å². The zero-order valence-electron chi connectivity index (χ0n) is 14.4. The Bertz CT molecular complexity index is 884. The van der Waals surface area contributed by atoms with Gasteiger partial charge in [-0.2, -0.15) is 0 Å². The van der Waals surface area contributed by atoms with Crippen molar-refractivity contribution in [3.05, 3.63) is 46.1 Å². The van der Waals surface area contributed by atoms with Gasteiger partial charge in [0.25, 0.3) is 17.0 Å². The lowest BCUT2D eigenvalue weighted by Crippen LogP contribution is -2.21. The van der Waals surface area contributed by atoms with E-state index in [9.17, 15) is 4.79 Å². The largest absolute Gasteiger partial charge is 0.410 e. The van der Waals surface area contributed by atoms with Gasteiger partial charge in [0.05, 0.1) is 10.7 Å². The molecule has 0 saturated carbocycles. The van der Waals surface area contributed by atoms with E-state index in [0.29, 0.717) is 22.4 Å².